The Morgan fingerprint density at radius 1 is 1.06 bits per heavy atom. The molecule has 1 aliphatic rings. The summed E-state index contributed by atoms with van der Waals surface area (Å²) in [6, 6.07) is 12.8. The summed E-state index contributed by atoms with van der Waals surface area (Å²) in [6.07, 6.45) is 0. The molecule has 1 aliphatic heterocycles. The molecule has 170 valence electrons. The molecule has 0 aromatic heterocycles. The zero-order valence-corrected chi connectivity index (χ0v) is 18.3. The highest BCUT2D eigenvalue weighted by Crippen LogP contribution is 2.35. The summed E-state index contributed by atoms with van der Waals surface area (Å²) in [5, 5.41) is 15.5. The molecule has 4 N–H and O–H groups in total. The van der Waals surface area contributed by atoms with Crippen LogP contribution >= 0.6 is 0 Å². The van der Waals surface area contributed by atoms with Crippen molar-refractivity contribution in [2.24, 2.45) is 0 Å². The number of fused-ring (bicyclic) bond motifs is 1. The van der Waals surface area contributed by atoms with Gasteiger partial charge >= 0.3 is 12.0 Å². The van der Waals surface area contributed by atoms with Gasteiger partial charge in [0.25, 0.3) is 15.9 Å². The summed E-state index contributed by atoms with van der Waals surface area (Å²) in [4.78, 5) is 35.6. The van der Waals surface area contributed by atoms with Gasteiger partial charge in [-0.25, -0.2) is 18.0 Å². The lowest BCUT2D eigenvalue weighted by Gasteiger charge is -2.24. The summed E-state index contributed by atoms with van der Waals surface area (Å²) in [6.45, 7) is 1.42. The molecule has 3 aromatic rings. The number of carbonyl (C=O) groups excluding carboxylic acids is 2. The molecule has 1 atom stereocenters. The highest BCUT2D eigenvalue weighted by atomic mass is 32.2. The number of anilines is 1. The predicted molar refractivity (Wildman–Crippen MR) is 119 cm³/mol. The fourth-order valence-corrected chi connectivity index (χ4v) is 4.78. The molecule has 10 nitrogen and oxygen atoms in total. The van der Waals surface area contributed by atoms with Crippen LogP contribution in [0.4, 0.5) is 10.5 Å². The van der Waals surface area contributed by atoms with Gasteiger partial charge in [0.2, 0.25) is 0 Å². The number of rotatable bonds is 6. The lowest BCUT2D eigenvalue weighted by molar-refractivity contribution is -0.123. The number of aromatic carboxylic acids is 1. The predicted octanol–water partition coefficient (Wildman–Crippen LogP) is 2.40. The molecule has 1 fully saturated rings. The van der Waals surface area contributed by atoms with E-state index in [-0.39, 0.29) is 27.5 Å². The number of nitrogens with one attached hydrogen (secondary N) is 3. The molecule has 0 bridgehead atoms. The highest BCUT2D eigenvalue weighted by molar-refractivity contribution is 7.92. The number of methoxy groups -OCH3 is 1. The van der Waals surface area contributed by atoms with Crippen molar-refractivity contribution in [2.75, 3.05) is 11.8 Å². The van der Waals surface area contributed by atoms with Crippen LogP contribution in [0, 0.1) is 0 Å². The standard InChI is InChI=1S/C22H19N3O7S/c1-22(20(28)23-21(29)24-22)16-11-14(7-8-18(16)32-2)33(30,31)25-17-10-13-6-4-3-5-12(13)9-15(17)19(26)27/h3-11,25H,1-2H3,(H,26,27)(H2,23,24,28,29). The maximum absolute atomic E-state index is 13.2. The molecule has 0 aliphatic carbocycles. The second-order valence-corrected chi connectivity index (χ2v) is 9.23. The Balaban J connectivity index is 1.80. The fraction of sp³-hybridized carbons (Fsp3) is 0.136. The molecule has 3 amide bonds. The second-order valence-electron chi connectivity index (χ2n) is 7.55. The Morgan fingerprint density at radius 3 is 2.30 bits per heavy atom. The Kier molecular flexibility index (Phi) is 5.21. The first-order chi connectivity index (χ1) is 15.5. The van der Waals surface area contributed by atoms with Crippen LogP contribution in [0.5, 0.6) is 5.75 Å². The van der Waals surface area contributed by atoms with Crippen molar-refractivity contribution in [2.45, 2.75) is 17.4 Å². The Morgan fingerprint density at radius 2 is 1.73 bits per heavy atom. The van der Waals surface area contributed by atoms with Gasteiger partial charge in [0, 0.05) is 5.56 Å². The summed E-state index contributed by atoms with van der Waals surface area (Å²) >= 11 is 0. The topological polar surface area (TPSA) is 151 Å². The van der Waals surface area contributed by atoms with Crippen molar-refractivity contribution < 1.29 is 32.6 Å². The van der Waals surface area contributed by atoms with E-state index in [1.807, 2.05) is 0 Å². The largest absolute Gasteiger partial charge is 0.496 e. The first-order valence-corrected chi connectivity index (χ1v) is 11.1. The number of hydrogen-bond acceptors (Lipinski definition) is 6. The van der Waals surface area contributed by atoms with E-state index in [9.17, 15) is 27.9 Å². The number of amides is 3. The number of carboxylic acids is 1. The van der Waals surface area contributed by atoms with Gasteiger partial charge < -0.3 is 15.2 Å². The van der Waals surface area contributed by atoms with E-state index in [4.69, 9.17) is 4.74 Å². The molecular formula is C22H19N3O7S. The van der Waals surface area contributed by atoms with Crippen molar-refractivity contribution in [1.29, 1.82) is 0 Å². The number of carboxylic acid groups (broad SMARTS) is 1. The Hall–Kier alpha value is -4.12. The molecular weight excluding hydrogens is 450 g/mol. The number of sulfonamides is 1. The van der Waals surface area contributed by atoms with Gasteiger partial charge in [-0.15, -0.1) is 0 Å². The molecule has 1 heterocycles. The van der Waals surface area contributed by atoms with E-state index >= 15 is 0 Å². The molecule has 1 unspecified atom stereocenters. The third kappa shape index (κ3) is 3.82. The van der Waals surface area contributed by atoms with Crippen LogP contribution in [-0.2, 0) is 20.4 Å². The zero-order chi connectivity index (χ0) is 24.0. The number of urea groups is 1. The van der Waals surface area contributed by atoms with Gasteiger partial charge in [-0.1, -0.05) is 24.3 Å². The van der Waals surface area contributed by atoms with Crippen LogP contribution in [0.1, 0.15) is 22.8 Å². The lowest BCUT2D eigenvalue weighted by atomic mass is 9.91. The number of benzene rings is 3. The molecule has 1 saturated heterocycles. The van der Waals surface area contributed by atoms with Crippen molar-refractivity contribution in [3.8, 4) is 5.75 Å². The Bertz CT molecular complexity index is 1440. The van der Waals surface area contributed by atoms with Gasteiger partial charge in [-0.2, -0.15) is 0 Å². The maximum atomic E-state index is 13.2. The summed E-state index contributed by atoms with van der Waals surface area (Å²) in [5.41, 5.74) is -1.78. The minimum Gasteiger partial charge on any atom is -0.496 e. The smallest absolute Gasteiger partial charge is 0.337 e. The number of carbonyl (C=O) groups is 3. The van der Waals surface area contributed by atoms with Crippen LogP contribution in [0.15, 0.2) is 59.5 Å². The van der Waals surface area contributed by atoms with Crippen LogP contribution < -0.4 is 20.1 Å². The quantitative estimate of drug-likeness (QED) is 0.405. The van der Waals surface area contributed by atoms with Crippen molar-refractivity contribution >= 4 is 44.4 Å². The minimum atomic E-state index is -4.29. The van der Waals surface area contributed by atoms with E-state index in [1.165, 1.54) is 44.4 Å². The monoisotopic (exact) mass is 469 g/mol. The van der Waals surface area contributed by atoms with Crippen LogP contribution in [0.25, 0.3) is 10.8 Å². The Labute approximate surface area is 188 Å². The molecule has 0 saturated carbocycles. The number of ether oxygens (including phenoxy) is 1. The van der Waals surface area contributed by atoms with Gasteiger partial charge in [0.15, 0.2) is 0 Å². The zero-order valence-electron chi connectivity index (χ0n) is 17.5. The first kappa shape index (κ1) is 22.1. The van der Waals surface area contributed by atoms with E-state index in [0.29, 0.717) is 10.8 Å². The highest BCUT2D eigenvalue weighted by Gasteiger charge is 2.45. The third-order valence-electron chi connectivity index (χ3n) is 5.43. The molecule has 4 rings (SSSR count). The van der Waals surface area contributed by atoms with E-state index in [2.05, 4.69) is 15.4 Å². The molecule has 3 aromatic carbocycles. The molecule has 11 heteroatoms. The van der Waals surface area contributed by atoms with E-state index in [0.717, 1.165) is 0 Å². The average Bonchev–Trinajstić information content (AvgIpc) is 3.04. The van der Waals surface area contributed by atoms with Gasteiger partial charge in [-0.3, -0.25) is 14.8 Å². The number of hydrogen-bond donors (Lipinski definition) is 4. The molecule has 33 heavy (non-hydrogen) atoms. The van der Waals surface area contributed by atoms with Gasteiger partial charge in [0.1, 0.15) is 11.3 Å². The SMILES string of the molecule is COc1ccc(S(=O)(=O)Nc2cc3ccccc3cc2C(=O)O)cc1C1(C)NC(=O)NC1=O. The van der Waals surface area contributed by atoms with Crippen molar-refractivity contribution in [3.63, 3.8) is 0 Å². The maximum Gasteiger partial charge on any atom is 0.337 e. The van der Waals surface area contributed by atoms with Crippen molar-refractivity contribution in [1.82, 2.24) is 10.6 Å². The molecule has 0 radical (unpaired) electrons. The summed E-state index contributed by atoms with van der Waals surface area (Å²) in [5.74, 6) is -1.78. The molecule has 0 spiro atoms. The minimum absolute atomic E-state index is 0.114. The lowest BCUT2D eigenvalue weighted by Crippen LogP contribution is -2.41. The number of imide groups is 1. The second kappa shape index (κ2) is 7.78. The fourth-order valence-electron chi connectivity index (χ4n) is 3.68. The van der Waals surface area contributed by atoms with Crippen molar-refractivity contribution in [3.05, 3.63) is 65.7 Å². The van der Waals surface area contributed by atoms with Gasteiger partial charge in [-0.05, 0) is 48.0 Å². The van der Waals surface area contributed by atoms with Crippen LogP contribution in [0.3, 0.4) is 0 Å². The summed E-state index contributed by atoms with van der Waals surface area (Å²) in [7, 11) is -2.94. The normalized spacial score (nSPS) is 18.0. The van der Waals surface area contributed by atoms with Crippen LogP contribution in [0.2, 0.25) is 0 Å². The third-order valence-corrected chi connectivity index (χ3v) is 6.79. The van der Waals surface area contributed by atoms with Crippen LogP contribution in [-0.4, -0.2) is 38.5 Å². The van der Waals surface area contributed by atoms with E-state index < -0.39 is 33.5 Å². The van der Waals surface area contributed by atoms with Gasteiger partial charge in [0.05, 0.1) is 23.3 Å². The average molecular weight is 469 g/mol. The summed E-state index contributed by atoms with van der Waals surface area (Å²) < 4.78 is 34.0. The first-order valence-electron chi connectivity index (χ1n) is 9.66. The van der Waals surface area contributed by atoms with E-state index in [1.54, 1.807) is 24.3 Å².